The lowest BCUT2D eigenvalue weighted by molar-refractivity contribution is 0.0369. The van der Waals surface area contributed by atoms with Crippen LogP contribution >= 0.6 is 0 Å². The molecule has 1 aromatic heterocycles. The number of rotatable bonds is 6. The van der Waals surface area contributed by atoms with Crippen molar-refractivity contribution in [2.24, 2.45) is 0 Å². The van der Waals surface area contributed by atoms with Gasteiger partial charge in [-0.25, -0.2) is 4.79 Å². The third-order valence-corrected chi connectivity index (χ3v) is 8.71. The van der Waals surface area contributed by atoms with Gasteiger partial charge in [0.05, 0.1) is 37.0 Å². The van der Waals surface area contributed by atoms with Crippen LogP contribution in [0.3, 0.4) is 0 Å². The number of hydrogen-bond acceptors (Lipinski definition) is 10. The molecule has 1 amide bonds. The van der Waals surface area contributed by atoms with Gasteiger partial charge in [-0.3, -0.25) is 14.5 Å². The van der Waals surface area contributed by atoms with Gasteiger partial charge in [-0.05, 0) is 37.7 Å². The Balaban J connectivity index is 1.32. The SMILES string of the molecule is COc1cc2c3c(n(CCCN4CCOCC4)c(=O)c2cc1OC(=O)N1CCN(C)CC1)-c1cc2c(cc1C3=O)OCO2. The fourth-order valence-electron chi connectivity index (χ4n) is 6.30. The number of carbonyl (C=O) groups is 2. The van der Waals surface area contributed by atoms with Crippen LogP contribution in [0.2, 0.25) is 0 Å². The first-order valence-electron chi connectivity index (χ1n) is 14.7. The molecule has 4 aliphatic rings. The summed E-state index contributed by atoms with van der Waals surface area (Å²) in [5.41, 5.74) is 1.79. The van der Waals surface area contributed by atoms with E-state index in [1.54, 1.807) is 27.7 Å². The zero-order valence-corrected chi connectivity index (χ0v) is 24.3. The average molecular weight is 591 g/mol. The van der Waals surface area contributed by atoms with Crippen LogP contribution in [0.4, 0.5) is 4.79 Å². The Morgan fingerprint density at radius 2 is 1.56 bits per heavy atom. The number of benzene rings is 2. The summed E-state index contributed by atoms with van der Waals surface area (Å²) in [4.78, 5) is 47.4. The summed E-state index contributed by atoms with van der Waals surface area (Å²) >= 11 is 0. The summed E-state index contributed by atoms with van der Waals surface area (Å²) in [6.45, 7) is 6.91. The minimum atomic E-state index is -0.504. The quantitative estimate of drug-likeness (QED) is 0.332. The molecule has 2 fully saturated rings. The standard InChI is InChI=1S/C31H34N4O8/c1-32-6-8-34(9-7-32)31(38)43-26-17-22-19(14-23(26)39-2)27-28(20-15-24-25(42-18-41-24)16-21(20)29(27)36)35(30(22)37)5-3-4-33-10-12-40-13-11-33/h14-17H,3-13,18H2,1-2H3. The number of ether oxygens (including phenoxy) is 5. The van der Waals surface area contributed by atoms with Crippen LogP contribution in [0.15, 0.2) is 29.1 Å². The highest BCUT2D eigenvalue weighted by Crippen LogP contribution is 2.47. The van der Waals surface area contributed by atoms with E-state index < -0.39 is 6.09 Å². The highest BCUT2D eigenvalue weighted by atomic mass is 16.7. The van der Waals surface area contributed by atoms with Crippen LogP contribution in [-0.2, 0) is 11.3 Å². The molecule has 43 heavy (non-hydrogen) atoms. The molecular formula is C31H34N4O8. The van der Waals surface area contributed by atoms with Gasteiger partial charge >= 0.3 is 6.09 Å². The van der Waals surface area contributed by atoms with Gasteiger partial charge in [-0.2, -0.15) is 0 Å². The zero-order chi connectivity index (χ0) is 29.7. The predicted molar refractivity (Wildman–Crippen MR) is 157 cm³/mol. The third kappa shape index (κ3) is 4.89. The molecule has 2 aromatic carbocycles. The van der Waals surface area contributed by atoms with Gasteiger partial charge in [-0.1, -0.05) is 0 Å². The van der Waals surface area contributed by atoms with Gasteiger partial charge < -0.3 is 38.1 Å². The van der Waals surface area contributed by atoms with Gasteiger partial charge in [0.25, 0.3) is 5.56 Å². The smallest absolute Gasteiger partial charge is 0.415 e. The first kappa shape index (κ1) is 27.7. The van der Waals surface area contributed by atoms with Crippen LogP contribution in [0.25, 0.3) is 22.0 Å². The van der Waals surface area contributed by atoms with E-state index in [4.69, 9.17) is 23.7 Å². The van der Waals surface area contributed by atoms with E-state index in [0.717, 1.165) is 32.7 Å². The van der Waals surface area contributed by atoms with E-state index in [1.165, 1.54) is 13.2 Å². The Morgan fingerprint density at radius 1 is 0.860 bits per heavy atom. The second kappa shape index (κ2) is 11.2. The lowest BCUT2D eigenvalue weighted by Gasteiger charge is -2.31. The second-order valence-electron chi connectivity index (χ2n) is 11.3. The normalized spacial score (nSPS) is 18.2. The molecule has 3 aliphatic heterocycles. The Labute approximate surface area is 248 Å². The van der Waals surface area contributed by atoms with Gasteiger partial charge in [0.15, 0.2) is 28.8 Å². The number of pyridine rings is 1. The Bertz CT molecular complexity index is 1670. The number of nitrogens with zero attached hydrogens (tertiary/aromatic N) is 4. The maximum atomic E-state index is 14.3. The molecule has 226 valence electrons. The predicted octanol–water partition coefficient (Wildman–Crippen LogP) is 2.42. The van der Waals surface area contributed by atoms with Gasteiger partial charge in [0, 0.05) is 68.9 Å². The maximum Gasteiger partial charge on any atom is 0.415 e. The summed E-state index contributed by atoms with van der Waals surface area (Å²) in [7, 11) is 3.48. The third-order valence-electron chi connectivity index (χ3n) is 8.71. The molecule has 0 atom stereocenters. The number of ketones is 1. The van der Waals surface area contributed by atoms with Crippen molar-refractivity contribution in [3.63, 3.8) is 0 Å². The fourth-order valence-corrected chi connectivity index (χ4v) is 6.30. The van der Waals surface area contributed by atoms with Crippen molar-refractivity contribution in [2.45, 2.75) is 13.0 Å². The molecule has 12 heteroatoms. The van der Waals surface area contributed by atoms with E-state index in [9.17, 15) is 14.4 Å². The van der Waals surface area contributed by atoms with Crippen LogP contribution in [0, 0.1) is 0 Å². The van der Waals surface area contributed by atoms with Crippen LogP contribution in [-0.4, -0.2) is 111 Å². The number of aromatic nitrogens is 1. The van der Waals surface area contributed by atoms with Crippen LogP contribution in [0.1, 0.15) is 22.3 Å². The molecule has 0 N–H and O–H groups in total. The molecule has 2 saturated heterocycles. The molecule has 0 unspecified atom stereocenters. The number of fused-ring (bicyclic) bond motifs is 6. The molecule has 1 aliphatic carbocycles. The number of hydrogen-bond donors (Lipinski definition) is 0. The Morgan fingerprint density at radius 3 is 2.28 bits per heavy atom. The minimum absolute atomic E-state index is 0.0795. The number of likely N-dealkylation sites (N-methyl/N-ethyl adjacent to an activating group) is 1. The second-order valence-corrected chi connectivity index (χ2v) is 11.3. The monoisotopic (exact) mass is 590 g/mol. The van der Waals surface area contributed by atoms with Crippen molar-refractivity contribution in [3.8, 4) is 34.3 Å². The van der Waals surface area contributed by atoms with Crippen molar-refractivity contribution in [3.05, 3.63) is 45.7 Å². The van der Waals surface area contributed by atoms with E-state index >= 15 is 0 Å². The van der Waals surface area contributed by atoms with Crippen LogP contribution < -0.4 is 24.5 Å². The highest BCUT2D eigenvalue weighted by molar-refractivity contribution is 6.27. The van der Waals surface area contributed by atoms with E-state index in [2.05, 4.69) is 9.80 Å². The molecule has 7 rings (SSSR count). The molecule has 3 aromatic rings. The molecule has 0 bridgehead atoms. The van der Waals surface area contributed by atoms with Crippen molar-refractivity contribution < 1.29 is 33.3 Å². The summed E-state index contributed by atoms with van der Waals surface area (Å²) in [5.74, 6) is 1.23. The fraction of sp³-hybridized carbons (Fsp3) is 0.452. The Hall–Kier alpha value is -4.13. The highest BCUT2D eigenvalue weighted by Gasteiger charge is 2.36. The van der Waals surface area contributed by atoms with Crippen molar-refractivity contribution in [2.75, 3.05) is 80.0 Å². The van der Waals surface area contributed by atoms with Gasteiger partial charge in [0.1, 0.15) is 0 Å². The van der Waals surface area contributed by atoms with Gasteiger partial charge in [-0.15, -0.1) is 0 Å². The largest absolute Gasteiger partial charge is 0.493 e. The lowest BCUT2D eigenvalue weighted by Crippen LogP contribution is -2.48. The summed E-state index contributed by atoms with van der Waals surface area (Å²) in [6, 6.07) is 6.64. The Kier molecular flexibility index (Phi) is 7.20. The molecular weight excluding hydrogens is 556 g/mol. The molecule has 12 nitrogen and oxygen atoms in total. The van der Waals surface area contributed by atoms with E-state index in [1.807, 2.05) is 7.05 Å². The number of carbonyl (C=O) groups excluding carboxylic acids is 2. The number of amides is 1. The number of methoxy groups -OCH3 is 1. The molecule has 0 saturated carbocycles. The lowest BCUT2D eigenvalue weighted by atomic mass is 10.0. The first-order valence-corrected chi connectivity index (χ1v) is 14.7. The van der Waals surface area contributed by atoms with Crippen LogP contribution in [0.5, 0.6) is 23.0 Å². The van der Waals surface area contributed by atoms with E-state index in [-0.39, 0.29) is 35.0 Å². The number of morpholine rings is 1. The average Bonchev–Trinajstić information content (AvgIpc) is 3.60. The van der Waals surface area contributed by atoms with Crippen molar-refractivity contribution in [1.82, 2.24) is 19.3 Å². The molecule has 0 spiro atoms. The summed E-state index contributed by atoms with van der Waals surface area (Å²) in [6.07, 6.45) is 0.198. The van der Waals surface area contributed by atoms with Gasteiger partial charge in [0.2, 0.25) is 6.79 Å². The summed E-state index contributed by atoms with van der Waals surface area (Å²) in [5, 5.41) is 0.733. The zero-order valence-electron chi connectivity index (χ0n) is 24.3. The molecule has 0 radical (unpaired) electrons. The van der Waals surface area contributed by atoms with E-state index in [0.29, 0.717) is 78.5 Å². The maximum absolute atomic E-state index is 14.3. The van der Waals surface area contributed by atoms with Crippen molar-refractivity contribution >= 4 is 22.6 Å². The topological polar surface area (TPSA) is 112 Å². The minimum Gasteiger partial charge on any atom is -0.493 e. The number of piperazine rings is 1. The molecule has 4 heterocycles. The summed E-state index contributed by atoms with van der Waals surface area (Å²) < 4.78 is 29.7. The van der Waals surface area contributed by atoms with Crippen molar-refractivity contribution in [1.29, 1.82) is 0 Å². The first-order chi connectivity index (χ1) is 20.9.